The average molecular weight is 166 g/mol. The molecule has 4 saturated carbocycles. The van der Waals surface area contributed by atoms with E-state index in [0.29, 0.717) is 17.6 Å². The molecule has 0 amide bonds. The lowest BCUT2D eigenvalue weighted by Crippen LogP contribution is -2.53. The van der Waals surface area contributed by atoms with Crippen molar-refractivity contribution in [1.82, 2.24) is 0 Å². The van der Waals surface area contributed by atoms with Gasteiger partial charge in [-0.3, -0.25) is 4.79 Å². The van der Waals surface area contributed by atoms with Crippen LogP contribution in [0.1, 0.15) is 25.7 Å². The molecule has 4 bridgehead atoms. The Bertz CT molecular complexity index is 236. The third kappa shape index (κ3) is 0.717. The molecule has 0 unspecified atom stereocenters. The van der Waals surface area contributed by atoms with Crippen LogP contribution in [0.3, 0.4) is 0 Å². The molecule has 12 heavy (non-hydrogen) atoms. The largest absolute Gasteiger partial charge is 0.392 e. The Morgan fingerprint density at radius 2 is 2.00 bits per heavy atom. The smallest absolute Gasteiger partial charge is 0.141 e. The highest BCUT2D eigenvalue weighted by atomic mass is 16.3. The summed E-state index contributed by atoms with van der Waals surface area (Å²) in [5, 5.41) is 9.78. The van der Waals surface area contributed by atoms with Crippen molar-refractivity contribution in [3.05, 3.63) is 0 Å². The monoisotopic (exact) mass is 166 g/mol. The first-order valence-electron chi connectivity index (χ1n) is 4.97. The van der Waals surface area contributed by atoms with Gasteiger partial charge < -0.3 is 5.11 Å². The zero-order chi connectivity index (χ0) is 8.29. The van der Waals surface area contributed by atoms with Crippen LogP contribution in [-0.4, -0.2) is 17.0 Å². The molecule has 0 saturated heterocycles. The Kier molecular flexibility index (Phi) is 1.24. The summed E-state index contributed by atoms with van der Waals surface area (Å²) in [6, 6.07) is 0. The maximum Gasteiger partial charge on any atom is 0.141 e. The van der Waals surface area contributed by atoms with E-state index in [9.17, 15) is 9.90 Å². The second-order valence-electron chi connectivity index (χ2n) is 4.77. The number of hydrogen-bond acceptors (Lipinski definition) is 2. The third-order valence-corrected chi connectivity index (χ3v) is 4.09. The van der Waals surface area contributed by atoms with Crippen LogP contribution in [0, 0.1) is 23.7 Å². The molecule has 66 valence electrons. The van der Waals surface area contributed by atoms with Crippen molar-refractivity contribution >= 4 is 5.78 Å². The highest BCUT2D eigenvalue weighted by Crippen LogP contribution is 2.51. The molecule has 2 nitrogen and oxygen atoms in total. The normalized spacial score (nSPS) is 56.4. The molecule has 1 N–H and O–H groups in total. The fourth-order valence-corrected chi connectivity index (χ4v) is 3.60. The zero-order valence-corrected chi connectivity index (χ0v) is 7.07. The van der Waals surface area contributed by atoms with Gasteiger partial charge in [-0.05, 0) is 37.5 Å². The molecule has 4 rings (SSSR count). The highest BCUT2D eigenvalue weighted by molar-refractivity contribution is 5.86. The van der Waals surface area contributed by atoms with E-state index in [1.54, 1.807) is 0 Å². The van der Waals surface area contributed by atoms with Gasteiger partial charge in [0.05, 0.1) is 6.10 Å². The van der Waals surface area contributed by atoms with Gasteiger partial charge in [-0.15, -0.1) is 0 Å². The predicted octanol–water partition coefficient (Wildman–Crippen LogP) is 0.982. The molecule has 0 aliphatic heterocycles. The van der Waals surface area contributed by atoms with Crippen molar-refractivity contribution in [3.63, 3.8) is 0 Å². The molecule has 5 atom stereocenters. The first kappa shape index (κ1) is 7.07. The number of Topliss-reactive ketones (excluding diaryl/α,β-unsaturated/α-hetero) is 1. The quantitative estimate of drug-likeness (QED) is 0.582. The maximum atomic E-state index is 11.6. The van der Waals surface area contributed by atoms with E-state index in [4.69, 9.17) is 0 Å². The molecule has 4 aliphatic rings. The lowest BCUT2D eigenvalue weighted by atomic mass is 9.54. The van der Waals surface area contributed by atoms with Crippen LogP contribution in [0.5, 0.6) is 0 Å². The Balaban J connectivity index is 1.98. The lowest BCUT2D eigenvalue weighted by molar-refractivity contribution is -0.154. The van der Waals surface area contributed by atoms with Gasteiger partial charge in [0.15, 0.2) is 0 Å². The van der Waals surface area contributed by atoms with Crippen molar-refractivity contribution in [2.24, 2.45) is 23.7 Å². The minimum absolute atomic E-state index is 0.0289. The summed E-state index contributed by atoms with van der Waals surface area (Å²) in [6.07, 6.45) is 3.98. The number of ketones is 1. The Labute approximate surface area is 72.0 Å². The van der Waals surface area contributed by atoms with E-state index in [1.807, 2.05) is 0 Å². The second kappa shape index (κ2) is 2.11. The molecule has 0 aromatic rings. The van der Waals surface area contributed by atoms with E-state index in [2.05, 4.69) is 0 Å². The molecule has 0 aromatic carbocycles. The van der Waals surface area contributed by atoms with Crippen molar-refractivity contribution in [2.75, 3.05) is 0 Å². The van der Waals surface area contributed by atoms with Crippen molar-refractivity contribution < 1.29 is 9.90 Å². The second-order valence-corrected chi connectivity index (χ2v) is 4.77. The lowest BCUT2D eigenvalue weighted by Gasteiger charge is -2.51. The number of carbonyl (C=O) groups excluding carboxylic acids is 1. The fraction of sp³-hybridized carbons (Fsp3) is 0.900. The molecule has 0 heterocycles. The first-order chi connectivity index (χ1) is 5.75. The van der Waals surface area contributed by atoms with Crippen LogP contribution in [0.4, 0.5) is 0 Å². The summed E-state index contributed by atoms with van der Waals surface area (Å²) in [4.78, 5) is 11.6. The molecular weight excluding hydrogens is 152 g/mol. The topological polar surface area (TPSA) is 37.3 Å². The van der Waals surface area contributed by atoms with Crippen LogP contribution < -0.4 is 0 Å². The molecular formula is C10H14O2. The summed E-state index contributed by atoms with van der Waals surface area (Å²) >= 11 is 0. The first-order valence-corrected chi connectivity index (χ1v) is 4.97. The summed E-state index contributed by atoms with van der Waals surface area (Å²) in [5.74, 6) is 1.96. The average Bonchev–Trinajstić information content (AvgIpc) is 2.07. The fourth-order valence-electron chi connectivity index (χ4n) is 3.60. The SMILES string of the molecule is O=C1[C@@H]2C[C@H]3C[C@@H](C2)[C@@H](O)[C@@H]1C3. The summed E-state index contributed by atoms with van der Waals surface area (Å²) < 4.78 is 0. The molecule has 4 aliphatic carbocycles. The minimum Gasteiger partial charge on any atom is -0.392 e. The Hall–Kier alpha value is -0.370. The molecule has 0 radical (unpaired) electrons. The number of hydrogen-bond donors (Lipinski definition) is 1. The Morgan fingerprint density at radius 1 is 1.17 bits per heavy atom. The van der Waals surface area contributed by atoms with Gasteiger partial charge in [0.1, 0.15) is 5.78 Å². The van der Waals surface area contributed by atoms with Gasteiger partial charge in [0, 0.05) is 11.8 Å². The van der Waals surface area contributed by atoms with Crippen LogP contribution in [0.2, 0.25) is 0 Å². The summed E-state index contributed by atoms with van der Waals surface area (Å²) in [6.45, 7) is 0. The highest BCUT2D eigenvalue weighted by Gasteiger charge is 2.52. The Morgan fingerprint density at radius 3 is 2.83 bits per heavy atom. The van der Waals surface area contributed by atoms with Crippen LogP contribution in [-0.2, 0) is 4.79 Å². The van der Waals surface area contributed by atoms with E-state index < -0.39 is 0 Å². The number of aliphatic hydroxyl groups excluding tert-OH is 1. The molecule has 4 fully saturated rings. The van der Waals surface area contributed by atoms with E-state index in [-0.39, 0.29) is 12.0 Å². The van der Waals surface area contributed by atoms with Crippen LogP contribution in [0.25, 0.3) is 0 Å². The van der Waals surface area contributed by atoms with E-state index >= 15 is 0 Å². The van der Waals surface area contributed by atoms with Gasteiger partial charge in [-0.1, -0.05) is 0 Å². The number of rotatable bonds is 0. The number of aliphatic hydroxyl groups is 1. The van der Waals surface area contributed by atoms with Crippen molar-refractivity contribution in [1.29, 1.82) is 0 Å². The van der Waals surface area contributed by atoms with Crippen LogP contribution in [0.15, 0.2) is 0 Å². The number of carbonyl (C=O) groups is 1. The molecule has 0 spiro atoms. The molecule has 2 heteroatoms. The summed E-state index contributed by atoms with van der Waals surface area (Å²) in [7, 11) is 0. The van der Waals surface area contributed by atoms with E-state index in [0.717, 1.165) is 25.2 Å². The van der Waals surface area contributed by atoms with E-state index in [1.165, 1.54) is 6.42 Å². The van der Waals surface area contributed by atoms with Gasteiger partial charge in [0.25, 0.3) is 0 Å². The van der Waals surface area contributed by atoms with Crippen molar-refractivity contribution in [2.45, 2.75) is 31.8 Å². The van der Waals surface area contributed by atoms with Gasteiger partial charge in [-0.2, -0.15) is 0 Å². The molecule has 0 aromatic heterocycles. The zero-order valence-electron chi connectivity index (χ0n) is 7.07. The van der Waals surface area contributed by atoms with Crippen LogP contribution >= 0.6 is 0 Å². The standard InChI is InChI=1S/C10H14O2/c11-9-6-1-5-2-7(4-6)10(12)8(9)3-5/h5-9,11H,1-4H2/t5-,6+,7-,8+,9-/m1/s1. The van der Waals surface area contributed by atoms with Crippen molar-refractivity contribution in [3.8, 4) is 0 Å². The predicted molar refractivity (Wildman–Crippen MR) is 43.4 cm³/mol. The van der Waals surface area contributed by atoms with Gasteiger partial charge in [0.2, 0.25) is 0 Å². The summed E-state index contributed by atoms with van der Waals surface area (Å²) in [5.41, 5.74) is 0. The van der Waals surface area contributed by atoms with Gasteiger partial charge >= 0.3 is 0 Å². The minimum atomic E-state index is -0.287. The van der Waals surface area contributed by atoms with Gasteiger partial charge in [-0.25, -0.2) is 0 Å². The third-order valence-electron chi connectivity index (χ3n) is 4.09. The maximum absolute atomic E-state index is 11.6.